The van der Waals surface area contributed by atoms with Crippen LogP contribution in [0.25, 0.3) is 44.3 Å². The van der Waals surface area contributed by atoms with Gasteiger partial charge in [-0.05, 0) is 127 Å². The minimum absolute atomic E-state index is 0.0131. The summed E-state index contributed by atoms with van der Waals surface area (Å²) in [5.41, 5.74) is 0.404. The van der Waals surface area contributed by atoms with Gasteiger partial charge in [0.15, 0.2) is 46.4 Å². The van der Waals surface area contributed by atoms with Gasteiger partial charge in [0.25, 0.3) is 0 Å². The SMILES string of the molecule is COc1ccc(F)c(F)c1-c1cc2c3c(nc(=O)n2-c2c(C)ccnc2C(C)C)N2CCN(C(=O)OC(C)(C)C)C[C@@H]2COc3c1F.COc1ccc(F)c(F)c1B(O)O.Cc1ccnc(C(C)C)c1-n1c(=O)nc2c3c(c(F)c(Cl)cc31)OC[C@H]1CN(C(=O)OC(C)(C)C)CCN21. The second-order valence-electron chi connectivity index (χ2n) is 26.5. The van der Waals surface area contributed by atoms with Crippen LogP contribution < -0.4 is 45.6 Å². The number of aromatic nitrogens is 6. The lowest BCUT2D eigenvalue weighted by molar-refractivity contribution is 0.0191. The molecule has 4 aromatic carbocycles. The molecule has 30 heteroatoms. The molecule has 4 aromatic heterocycles. The topological polar surface area (TPSA) is 238 Å². The number of amides is 2. The number of pyridine rings is 2. The van der Waals surface area contributed by atoms with E-state index in [2.05, 4.69) is 24.7 Å². The number of nitrogens with zero attached hydrogens (tertiary/aromatic N) is 10. The van der Waals surface area contributed by atoms with E-state index in [1.807, 2.05) is 78.2 Å². The van der Waals surface area contributed by atoms with E-state index in [-0.39, 0.29) is 108 Å². The Morgan fingerprint density at radius 1 is 0.612 bits per heavy atom. The lowest BCUT2D eigenvalue weighted by Crippen LogP contribution is -2.57. The zero-order chi connectivity index (χ0) is 71.5. The summed E-state index contributed by atoms with van der Waals surface area (Å²) in [7, 11) is 0.394. The number of halogens is 7. The molecule has 0 spiro atoms. The largest absolute Gasteiger partial charge is 0.497 e. The number of benzene rings is 4. The molecule has 0 saturated carbocycles. The van der Waals surface area contributed by atoms with Crippen LogP contribution in [0.15, 0.2) is 70.5 Å². The van der Waals surface area contributed by atoms with Gasteiger partial charge in [-0.15, -0.1) is 0 Å². The number of hydrogen-bond donors (Lipinski definition) is 2. The molecule has 0 radical (unpaired) electrons. The highest BCUT2D eigenvalue weighted by atomic mass is 35.5. The van der Waals surface area contributed by atoms with Crippen molar-refractivity contribution in [3.63, 3.8) is 0 Å². The quantitative estimate of drug-likeness (QED) is 0.106. The molecule has 2 fully saturated rings. The Morgan fingerprint density at radius 2 is 1.04 bits per heavy atom. The van der Waals surface area contributed by atoms with Gasteiger partial charge in [0.1, 0.15) is 47.6 Å². The van der Waals surface area contributed by atoms with E-state index >= 15 is 13.2 Å². The predicted octanol–water partition coefficient (Wildman–Crippen LogP) is 10.6. The van der Waals surface area contributed by atoms with E-state index in [1.165, 1.54) is 46.5 Å². The minimum Gasteiger partial charge on any atom is -0.497 e. The van der Waals surface area contributed by atoms with Gasteiger partial charge in [-0.1, -0.05) is 39.3 Å². The molecule has 2 atom stereocenters. The minimum atomic E-state index is -2.09. The van der Waals surface area contributed by atoms with Crippen LogP contribution in [0.1, 0.15) is 104 Å². The summed E-state index contributed by atoms with van der Waals surface area (Å²) in [4.78, 5) is 78.5. The van der Waals surface area contributed by atoms with Crippen molar-refractivity contribution in [1.82, 2.24) is 38.9 Å². The zero-order valence-corrected chi connectivity index (χ0v) is 57.2. The fourth-order valence-corrected chi connectivity index (χ4v) is 12.5. The van der Waals surface area contributed by atoms with Crippen LogP contribution in [-0.2, 0) is 9.47 Å². The Balaban J connectivity index is 0.000000182. The van der Waals surface area contributed by atoms with Crippen LogP contribution >= 0.6 is 11.6 Å². The highest BCUT2D eigenvalue weighted by molar-refractivity contribution is 6.59. The molecule has 98 heavy (non-hydrogen) atoms. The number of aryl methyl sites for hydroxylation is 2. The summed E-state index contributed by atoms with van der Waals surface area (Å²) >= 11 is 6.34. The van der Waals surface area contributed by atoms with Crippen molar-refractivity contribution in [2.24, 2.45) is 0 Å². The van der Waals surface area contributed by atoms with E-state index < -0.39 is 93.9 Å². The number of anilines is 2. The van der Waals surface area contributed by atoms with Crippen molar-refractivity contribution in [3.05, 3.63) is 144 Å². The summed E-state index contributed by atoms with van der Waals surface area (Å²) in [5, 5.41) is 17.8. The van der Waals surface area contributed by atoms with E-state index in [0.29, 0.717) is 58.1 Å². The third-order valence-electron chi connectivity index (χ3n) is 16.7. The molecule has 2 saturated heterocycles. The van der Waals surface area contributed by atoms with E-state index in [0.717, 1.165) is 23.8 Å². The van der Waals surface area contributed by atoms with Gasteiger partial charge in [-0.25, -0.2) is 45.5 Å². The third-order valence-corrected chi connectivity index (χ3v) is 17.0. The first-order valence-electron chi connectivity index (χ1n) is 31.5. The van der Waals surface area contributed by atoms with Crippen LogP contribution in [0.2, 0.25) is 5.02 Å². The van der Waals surface area contributed by atoms with Gasteiger partial charge in [0, 0.05) is 57.2 Å². The number of hydrogen-bond acceptors (Lipinski definition) is 18. The summed E-state index contributed by atoms with van der Waals surface area (Å²) in [6, 6.07) is 9.46. The van der Waals surface area contributed by atoms with Crippen LogP contribution in [-0.4, -0.2) is 158 Å². The van der Waals surface area contributed by atoms with Crippen molar-refractivity contribution in [2.75, 3.05) is 76.5 Å². The molecule has 8 aromatic rings. The summed E-state index contributed by atoms with van der Waals surface area (Å²) in [5.74, 6) is -6.89. The van der Waals surface area contributed by atoms with Crippen LogP contribution in [0.3, 0.4) is 0 Å². The predicted molar refractivity (Wildman–Crippen MR) is 356 cm³/mol. The van der Waals surface area contributed by atoms with Crippen LogP contribution in [0.5, 0.6) is 23.0 Å². The molecule has 22 nitrogen and oxygen atoms in total. The molecular formula is C68H74BClF6N10O12. The number of carbonyl (C=O) groups is 2. The van der Waals surface area contributed by atoms with Crippen molar-refractivity contribution in [1.29, 1.82) is 0 Å². The number of methoxy groups -OCH3 is 2. The number of carbonyl (C=O) groups excluding carboxylic acids is 2. The highest BCUT2D eigenvalue weighted by Gasteiger charge is 2.42. The maximum Gasteiger partial charge on any atom is 0.495 e. The third kappa shape index (κ3) is 13.8. The fourth-order valence-electron chi connectivity index (χ4n) is 12.3. The molecule has 4 aliphatic heterocycles. The maximum atomic E-state index is 16.8. The first kappa shape index (κ1) is 71.4. The second-order valence-corrected chi connectivity index (χ2v) is 26.9. The molecular weight excluding hydrogens is 1310 g/mol. The van der Waals surface area contributed by atoms with Crippen LogP contribution in [0.4, 0.5) is 47.6 Å². The Hall–Kier alpha value is -9.35. The molecule has 2 N–H and O–H groups in total. The number of rotatable bonds is 8. The maximum absolute atomic E-state index is 16.8. The molecule has 520 valence electrons. The van der Waals surface area contributed by atoms with Gasteiger partial charge in [0.05, 0.1) is 86.9 Å². The number of fused-ring (bicyclic) bond motifs is 4. The molecule has 0 aliphatic carbocycles. The van der Waals surface area contributed by atoms with Gasteiger partial charge < -0.3 is 58.1 Å². The monoisotopic (exact) mass is 1380 g/mol. The Labute approximate surface area is 565 Å². The normalized spacial score (nSPS) is 15.8. The van der Waals surface area contributed by atoms with Gasteiger partial charge in [0.2, 0.25) is 0 Å². The first-order chi connectivity index (χ1) is 46.2. The molecule has 2 amide bonds. The van der Waals surface area contributed by atoms with Gasteiger partial charge >= 0.3 is 30.7 Å². The average Bonchev–Trinajstić information content (AvgIpc) is 1.17. The molecule has 4 aliphatic rings. The van der Waals surface area contributed by atoms with Gasteiger partial charge in [-0.3, -0.25) is 19.1 Å². The number of ether oxygens (including phenoxy) is 6. The number of piperazine rings is 2. The Kier molecular flexibility index (Phi) is 20.3. The van der Waals surface area contributed by atoms with E-state index in [9.17, 15) is 32.3 Å². The van der Waals surface area contributed by atoms with E-state index in [1.54, 1.807) is 44.1 Å². The van der Waals surface area contributed by atoms with Gasteiger partial charge in [-0.2, -0.15) is 9.97 Å². The average molecular weight is 1380 g/mol. The molecule has 0 bridgehead atoms. The van der Waals surface area contributed by atoms with Crippen molar-refractivity contribution in [2.45, 2.75) is 118 Å². The van der Waals surface area contributed by atoms with Crippen LogP contribution in [0, 0.1) is 48.8 Å². The lowest BCUT2D eigenvalue weighted by atomic mass is 9.79. The second kappa shape index (κ2) is 27.9. The Bertz CT molecular complexity index is 4590. The summed E-state index contributed by atoms with van der Waals surface area (Å²) in [6.07, 6.45) is 2.39. The van der Waals surface area contributed by atoms with Crippen molar-refractivity contribution >= 4 is 69.8 Å². The fraction of sp³-hybridized carbons (Fsp3) is 0.412. The summed E-state index contributed by atoms with van der Waals surface area (Å²) < 4.78 is 124. The smallest absolute Gasteiger partial charge is 0.495 e. The molecule has 12 rings (SSSR count). The van der Waals surface area contributed by atoms with E-state index in [4.69, 9.17) is 45.3 Å². The summed E-state index contributed by atoms with van der Waals surface area (Å²) in [6.45, 7) is 23.9. The standard InChI is InChI=1S/C34H36F3N5O5.C27H31ClFN5O4.C7H7BF2O3/c1-17(2)28-29(18(3)10-11-38-28)42-22-14-20(24-23(45-7)9-8-21(35)27(24)37)26(36)30-25(22)31(39-32(42)43)41-13-12-40(15-19(41)16-46-30)33(44)47-34(4,5)6;1-14(2)21-22(15(3)7-8-30-21)34-18-11-17(28)20(29)23-19(18)24(31-25(34)35)33-10-9-32(12-16(33)13-37-23)26(36)38-27(4,5)6;1-13-5-3-2-4(9)7(10)6(5)8(11)12/h8-11,14,17,19H,12-13,15-16H2,1-7H3;7-8,11,14,16H,9-10,12-13H2,1-6H3;2-3,11-12H,1H3/t19-;16-;/m11./s1. The lowest BCUT2D eigenvalue weighted by Gasteiger charge is -2.41. The Morgan fingerprint density at radius 3 is 1.47 bits per heavy atom. The van der Waals surface area contributed by atoms with Crippen molar-refractivity contribution < 1.29 is 74.4 Å². The highest BCUT2D eigenvalue weighted by Crippen LogP contribution is 2.47. The molecule has 0 unspecified atom stereocenters. The van der Waals surface area contributed by atoms with Crippen molar-refractivity contribution in [3.8, 4) is 45.5 Å². The molecule has 8 heterocycles. The first-order valence-corrected chi connectivity index (χ1v) is 31.8. The zero-order valence-electron chi connectivity index (χ0n) is 56.4.